The second-order valence-corrected chi connectivity index (χ2v) is 10.8. The van der Waals surface area contributed by atoms with E-state index in [0.717, 1.165) is 31.4 Å². The van der Waals surface area contributed by atoms with E-state index in [1.54, 1.807) is 41.5 Å². The molecule has 7 nitrogen and oxygen atoms in total. The van der Waals surface area contributed by atoms with Crippen molar-refractivity contribution in [2.24, 2.45) is 0 Å². The first kappa shape index (κ1) is 32.2. The minimum atomic E-state index is -1.38. The summed E-state index contributed by atoms with van der Waals surface area (Å²) in [6, 6.07) is 7.27. The molecule has 1 aliphatic rings. The van der Waals surface area contributed by atoms with Crippen molar-refractivity contribution in [1.82, 2.24) is 0 Å². The van der Waals surface area contributed by atoms with Crippen LogP contribution in [-0.2, 0) is 14.2 Å². The minimum Gasteiger partial charge on any atom is -0.478 e. The number of carboxylic acids is 1. The lowest BCUT2D eigenvalue weighted by Gasteiger charge is -2.19. The van der Waals surface area contributed by atoms with Gasteiger partial charge < -0.3 is 19.3 Å². The molecule has 0 saturated carbocycles. The Morgan fingerprint density at radius 3 is 1.57 bits per heavy atom. The molecular formula is C27H33BrF2O7. The molecule has 1 heterocycles. The van der Waals surface area contributed by atoms with Crippen LogP contribution in [-0.4, -0.2) is 47.4 Å². The smallest absolute Gasteiger partial charge is 0.338 e. The summed E-state index contributed by atoms with van der Waals surface area (Å²) >= 11 is 3.01. The first-order valence-corrected chi connectivity index (χ1v) is 12.3. The molecule has 0 bridgehead atoms. The molecule has 1 N–H and O–H groups in total. The highest BCUT2D eigenvalue weighted by molar-refractivity contribution is 9.10. The van der Waals surface area contributed by atoms with Crippen molar-refractivity contribution < 1.29 is 42.5 Å². The molecule has 1 aliphatic heterocycles. The summed E-state index contributed by atoms with van der Waals surface area (Å²) in [5, 5.41) is 8.63. The van der Waals surface area contributed by atoms with E-state index in [0.29, 0.717) is 4.47 Å². The third kappa shape index (κ3) is 12.8. The number of aromatic carboxylic acids is 1. The van der Waals surface area contributed by atoms with E-state index < -0.39 is 46.3 Å². The topological polar surface area (TPSA) is 99.1 Å². The lowest BCUT2D eigenvalue weighted by molar-refractivity contribution is 0.00565. The van der Waals surface area contributed by atoms with Crippen LogP contribution in [0.15, 0.2) is 40.9 Å². The Bertz CT molecular complexity index is 1080. The summed E-state index contributed by atoms with van der Waals surface area (Å²) in [4.78, 5) is 33.7. The van der Waals surface area contributed by atoms with Gasteiger partial charge in [-0.15, -0.1) is 0 Å². The number of rotatable bonds is 3. The van der Waals surface area contributed by atoms with Gasteiger partial charge in [0.05, 0.1) is 21.2 Å². The molecule has 204 valence electrons. The summed E-state index contributed by atoms with van der Waals surface area (Å²) in [6.07, 6.45) is 2.56. The van der Waals surface area contributed by atoms with Crippen LogP contribution in [0.1, 0.15) is 85.5 Å². The molecule has 10 heteroatoms. The van der Waals surface area contributed by atoms with E-state index >= 15 is 0 Å². The third-order valence-electron chi connectivity index (χ3n) is 4.22. The maximum absolute atomic E-state index is 13.3. The fourth-order valence-corrected chi connectivity index (χ4v) is 2.87. The molecule has 1 saturated heterocycles. The lowest BCUT2D eigenvalue weighted by atomic mass is 10.1. The van der Waals surface area contributed by atoms with Gasteiger partial charge in [-0.05, 0) is 107 Å². The van der Waals surface area contributed by atoms with E-state index in [1.807, 2.05) is 0 Å². The maximum atomic E-state index is 13.3. The van der Waals surface area contributed by atoms with Gasteiger partial charge in [0.15, 0.2) is 0 Å². The summed E-state index contributed by atoms with van der Waals surface area (Å²) in [5.74, 6) is -4.01. The van der Waals surface area contributed by atoms with Crippen molar-refractivity contribution >= 4 is 33.8 Å². The van der Waals surface area contributed by atoms with Crippen LogP contribution in [0, 0.1) is 11.6 Å². The Hall–Kier alpha value is -2.85. The number of benzene rings is 2. The zero-order valence-corrected chi connectivity index (χ0v) is 23.4. The predicted molar refractivity (Wildman–Crippen MR) is 138 cm³/mol. The van der Waals surface area contributed by atoms with Crippen molar-refractivity contribution in [1.29, 1.82) is 0 Å². The van der Waals surface area contributed by atoms with Crippen LogP contribution < -0.4 is 0 Å². The monoisotopic (exact) mass is 586 g/mol. The number of esters is 2. The maximum Gasteiger partial charge on any atom is 0.338 e. The second-order valence-electron chi connectivity index (χ2n) is 9.95. The Morgan fingerprint density at radius 2 is 1.24 bits per heavy atom. The summed E-state index contributed by atoms with van der Waals surface area (Å²) in [6.45, 7) is 12.4. The molecular weight excluding hydrogens is 554 g/mol. The Morgan fingerprint density at radius 1 is 0.811 bits per heavy atom. The lowest BCUT2D eigenvalue weighted by Crippen LogP contribution is -2.24. The number of hydrogen-bond acceptors (Lipinski definition) is 6. The molecule has 0 spiro atoms. The van der Waals surface area contributed by atoms with Gasteiger partial charge in [0, 0.05) is 13.2 Å². The Kier molecular flexibility index (Phi) is 12.3. The zero-order chi connectivity index (χ0) is 28.4. The quantitative estimate of drug-likeness (QED) is 0.394. The number of ether oxygens (including phenoxy) is 3. The fraction of sp³-hybridized carbons (Fsp3) is 0.444. The molecule has 0 aliphatic carbocycles. The second kappa shape index (κ2) is 14.2. The number of carboxylic acid groups (broad SMARTS) is 1. The number of carbonyl (C=O) groups excluding carboxylic acids is 2. The van der Waals surface area contributed by atoms with Crippen LogP contribution in [0.2, 0.25) is 0 Å². The molecule has 37 heavy (non-hydrogen) atoms. The molecule has 2 aromatic carbocycles. The van der Waals surface area contributed by atoms with Gasteiger partial charge in [-0.3, -0.25) is 0 Å². The van der Waals surface area contributed by atoms with Crippen LogP contribution in [0.5, 0.6) is 0 Å². The van der Waals surface area contributed by atoms with Crippen molar-refractivity contribution in [2.75, 3.05) is 13.2 Å². The van der Waals surface area contributed by atoms with Gasteiger partial charge in [-0.1, -0.05) is 0 Å². The SMILES string of the molecule is C1CCOC1.CC(C)(C)OC(=O)c1ccc(Br)c(F)c1.CC(C)(C)OC(=O)c1ccc(C(=O)O)c(F)c1. The van der Waals surface area contributed by atoms with Gasteiger partial charge in [-0.2, -0.15) is 0 Å². The highest BCUT2D eigenvalue weighted by atomic mass is 79.9. The van der Waals surface area contributed by atoms with Gasteiger partial charge in [-0.25, -0.2) is 23.2 Å². The normalized spacial score (nSPS) is 12.9. The molecule has 2 aromatic rings. The first-order valence-electron chi connectivity index (χ1n) is 11.5. The first-order chi connectivity index (χ1) is 17.0. The molecule has 0 aromatic heterocycles. The molecule has 1 fully saturated rings. The van der Waals surface area contributed by atoms with E-state index in [4.69, 9.17) is 19.3 Å². The highest BCUT2D eigenvalue weighted by Crippen LogP contribution is 2.19. The van der Waals surface area contributed by atoms with Crippen molar-refractivity contribution in [3.05, 3.63) is 69.2 Å². The molecule has 0 atom stereocenters. The van der Waals surface area contributed by atoms with Crippen molar-refractivity contribution in [2.45, 2.75) is 65.6 Å². The average molecular weight is 587 g/mol. The number of carbonyl (C=O) groups is 3. The predicted octanol–water partition coefficient (Wildman–Crippen LogP) is 6.82. The molecule has 3 rings (SSSR count). The molecule has 0 unspecified atom stereocenters. The minimum absolute atomic E-state index is 0.0116. The summed E-state index contributed by atoms with van der Waals surface area (Å²) < 4.78 is 41.8. The standard InChI is InChI=1S/C12H13FO4.C11H12BrFO2.C4H8O/c1-12(2,3)17-11(16)7-4-5-8(10(14)15)9(13)6-7;1-11(2,3)15-10(14)7-4-5-8(12)9(13)6-7;1-2-4-5-3-1/h4-6H,1-3H3,(H,14,15);4-6H,1-3H3;1-4H2. The average Bonchev–Trinajstić information content (AvgIpc) is 3.33. The highest BCUT2D eigenvalue weighted by Gasteiger charge is 2.20. The zero-order valence-electron chi connectivity index (χ0n) is 21.8. The van der Waals surface area contributed by atoms with Crippen molar-refractivity contribution in [3.8, 4) is 0 Å². The van der Waals surface area contributed by atoms with E-state index in [-0.39, 0.29) is 11.1 Å². The fourth-order valence-electron chi connectivity index (χ4n) is 2.62. The van der Waals surface area contributed by atoms with Crippen LogP contribution in [0.25, 0.3) is 0 Å². The van der Waals surface area contributed by atoms with Gasteiger partial charge in [0.1, 0.15) is 22.8 Å². The van der Waals surface area contributed by atoms with Crippen molar-refractivity contribution in [3.63, 3.8) is 0 Å². The van der Waals surface area contributed by atoms with Gasteiger partial charge in [0.25, 0.3) is 0 Å². The van der Waals surface area contributed by atoms with Crippen LogP contribution in [0.4, 0.5) is 8.78 Å². The van der Waals surface area contributed by atoms with E-state index in [1.165, 1.54) is 31.0 Å². The van der Waals surface area contributed by atoms with E-state index in [9.17, 15) is 23.2 Å². The number of hydrogen-bond donors (Lipinski definition) is 1. The third-order valence-corrected chi connectivity index (χ3v) is 4.86. The molecule has 0 amide bonds. The summed E-state index contributed by atoms with van der Waals surface area (Å²) in [5.41, 5.74) is -1.52. The van der Waals surface area contributed by atoms with E-state index in [2.05, 4.69) is 15.9 Å². The summed E-state index contributed by atoms with van der Waals surface area (Å²) in [7, 11) is 0. The van der Waals surface area contributed by atoms with Crippen LogP contribution in [0.3, 0.4) is 0 Å². The van der Waals surface area contributed by atoms with Gasteiger partial charge >= 0.3 is 17.9 Å². The Balaban J connectivity index is 0.000000312. The number of halogens is 3. The molecule has 0 radical (unpaired) electrons. The Labute approximate surface area is 224 Å². The largest absolute Gasteiger partial charge is 0.478 e. The van der Waals surface area contributed by atoms with Crippen LogP contribution >= 0.6 is 15.9 Å². The van der Waals surface area contributed by atoms with Gasteiger partial charge in [0.2, 0.25) is 0 Å².